The third kappa shape index (κ3) is 2.91. The minimum atomic E-state index is -0.341. The Morgan fingerprint density at radius 1 is 1.13 bits per heavy atom. The van der Waals surface area contributed by atoms with Gasteiger partial charge in [-0.05, 0) is 24.3 Å². The first-order valence-electron chi connectivity index (χ1n) is 9.62. The Bertz CT molecular complexity index is 1480. The molecule has 5 aromatic rings. The number of nitrogens with zero attached hydrogens (tertiary/aromatic N) is 6. The Labute approximate surface area is 170 Å². The molecule has 0 aliphatic rings. The van der Waals surface area contributed by atoms with Crippen LogP contribution in [-0.4, -0.2) is 34.7 Å². The van der Waals surface area contributed by atoms with E-state index in [1.807, 2.05) is 48.6 Å². The van der Waals surface area contributed by atoms with Crippen molar-refractivity contribution in [2.45, 2.75) is 26.3 Å². The highest BCUT2D eigenvalue weighted by Gasteiger charge is 2.18. The van der Waals surface area contributed by atoms with Gasteiger partial charge in [0.05, 0.1) is 11.2 Å². The second-order valence-electron chi connectivity index (χ2n) is 7.46. The molecule has 4 heterocycles. The molecule has 0 aliphatic carbocycles. The maximum absolute atomic E-state index is 13.1. The molecule has 1 amide bonds. The molecule has 1 aromatic carbocycles. The van der Waals surface area contributed by atoms with Gasteiger partial charge in [0.15, 0.2) is 5.65 Å². The average Bonchev–Trinajstić information content (AvgIpc) is 3.34. The summed E-state index contributed by atoms with van der Waals surface area (Å²) in [5, 5.41) is 16.0. The topological polar surface area (TPSA) is 98.6 Å². The number of nitrogens with one attached hydrogen (secondary N) is 1. The molecule has 0 atom stereocenters. The van der Waals surface area contributed by atoms with Crippen molar-refractivity contribution in [2.75, 3.05) is 5.32 Å². The predicted octanol–water partition coefficient (Wildman–Crippen LogP) is 2.45. The Kier molecular flexibility index (Phi) is 4.09. The largest absolute Gasteiger partial charge is 0.323 e. The summed E-state index contributed by atoms with van der Waals surface area (Å²) >= 11 is 0. The summed E-state index contributed by atoms with van der Waals surface area (Å²) in [6.07, 6.45) is 3.27. The van der Waals surface area contributed by atoms with Gasteiger partial charge in [0.2, 0.25) is 5.91 Å². The zero-order chi connectivity index (χ0) is 20.8. The predicted molar refractivity (Wildman–Crippen MR) is 113 cm³/mol. The summed E-state index contributed by atoms with van der Waals surface area (Å²) in [5.74, 6) is 0.450. The molecule has 0 saturated carbocycles. The molecule has 0 aliphatic heterocycles. The van der Waals surface area contributed by atoms with E-state index in [9.17, 15) is 9.59 Å². The summed E-state index contributed by atoms with van der Waals surface area (Å²) < 4.78 is 4.82. The van der Waals surface area contributed by atoms with Crippen LogP contribution in [-0.2, 0) is 11.3 Å². The average molecular weight is 401 g/mol. The van der Waals surface area contributed by atoms with Crippen molar-refractivity contribution in [2.24, 2.45) is 0 Å². The molecule has 1 N–H and O–H groups in total. The van der Waals surface area contributed by atoms with E-state index in [1.54, 1.807) is 29.1 Å². The lowest BCUT2D eigenvalue weighted by atomic mass is 10.2. The molecule has 0 bridgehead atoms. The molecule has 0 spiro atoms. The van der Waals surface area contributed by atoms with Crippen molar-refractivity contribution in [1.29, 1.82) is 0 Å². The van der Waals surface area contributed by atoms with Crippen LogP contribution in [0.2, 0.25) is 0 Å². The third-order valence-electron chi connectivity index (χ3n) is 5.00. The van der Waals surface area contributed by atoms with Crippen molar-refractivity contribution in [3.8, 4) is 0 Å². The molecule has 0 fully saturated rings. The number of hydrogen-bond donors (Lipinski definition) is 1. The van der Waals surface area contributed by atoms with Gasteiger partial charge in [0, 0.05) is 17.5 Å². The first-order valence-corrected chi connectivity index (χ1v) is 9.62. The van der Waals surface area contributed by atoms with Crippen LogP contribution in [0.15, 0.2) is 59.8 Å². The molecule has 9 heteroatoms. The van der Waals surface area contributed by atoms with Gasteiger partial charge < -0.3 is 5.32 Å². The monoisotopic (exact) mass is 401 g/mol. The van der Waals surface area contributed by atoms with Gasteiger partial charge in [-0.2, -0.15) is 5.10 Å². The molecule has 9 nitrogen and oxygen atoms in total. The minimum Gasteiger partial charge on any atom is -0.323 e. The first-order chi connectivity index (χ1) is 14.5. The summed E-state index contributed by atoms with van der Waals surface area (Å²) in [6, 6.07) is 13.1. The van der Waals surface area contributed by atoms with Crippen molar-refractivity contribution in [1.82, 2.24) is 28.8 Å². The number of hydrogen-bond acceptors (Lipinski definition) is 5. The summed E-state index contributed by atoms with van der Waals surface area (Å²) in [6.45, 7) is 3.84. The van der Waals surface area contributed by atoms with Crippen LogP contribution in [0.25, 0.3) is 22.1 Å². The molecule has 150 valence electrons. The van der Waals surface area contributed by atoms with Crippen molar-refractivity contribution in [3.63, 3.8) is 0 Å². The highest BCUT2D eigenvalue weighted by molar-refractivity contribution is 5.91. The molecule has 0 unspecified atom stereocenters. The van der Waals surface area contributed by atoms with E-state index in [0.717, 1.165) is 16.7 Å². The van der Waals surface area contributed by atoms with Crippen LogP contribution in [0.3, 0.4) is 0 Å². The Balaban J connectivity index is 1.53. The zero-order valence-corrected chi connectivity index (χ0v) is 16.5. The number of carbonyl (C=O) groups excluding carboxylic acids is 1. The lowest BCUT2D eigenvalue weighted by Gasteiger charge is -2.13. The molecular weight excluding hydrogens is 382 g/mol. The van der Waals surface area contributed by atoms with Gasteiger partial charge in [-0.1, -0.05) is 32.0 Å². The Morgan fingerprint density at radius 2 is 1.97 bits per heavy atom. The van der Waals surface area contributed by atoms with Crippen LogP contribution in [0.5, 0.6) is 0 Å². The zero-order valence-electron chi connectivity index (χ0n) is 16.5. The molecular formula is C21H19N7O2. The van der Waals surface area contributed by atoms with Crippen LogP contribution < -0.4 is 10.9 Å². The van der Waals surface area contributed by atoms with Gasteiger partial charge in [-0.25, -0.2) is 4.68 Å². The number of benzene rings is 1. The quantitative estimate of drug-likeness (QED) is 0.499. The molecule has 0 saturated heterocycles. The second kappa shape index (κ2) is 6.80. The van der Waals surface area contributed by atoms with Gasteiger partial charge in [-0.3, -0.25) is 18.4 Å². The minimum absolute atomic E-state index is 0.0642. The standard InChI is InChI=1S/C21H19N7O2/c1-13(2)20-25-27(21(30)17-9-14-5-3-4-6-16(14)28(17)20)11-19(29)23-15-7-8-18-24-22-12-26(18)10-15/h3-10,12-13H,11H2,1-2H3,(H,23,29). The fraction of sp³-hybridized carbons (Fsp3) is 0.190. The number of fused-ring (bicyclic) bond motifs is 4. The fourth-order valence-corrected chi connectivity index (χ4v) is 3.62. The van der Waals surface area contributed by atoms with E-state index >= 15 is 0 Å². The SMILES string of the molecule is CC(C)c1nn(CC(=O)Nc2ccc3nncn3c2)c(=O)c2cc3ccccc3n12. The third-order valence-corrected chi connectivity index (χ3v) is 5.00. The number of pyridine rings is 1. The number of amides is 1. The smallest absolute Gasteiger partial charge is 0.291 e. The number of para-hydroxylation sites is 1. The number of rotatable bonds is 4. The molecule has 4 aromatic heterocycles. The van der Waals surface area contributed by atoms with Crippen LogP contribution in [0.1, 0.15) is 25.6 Å². The van der Waals surface area contributed by atoms with Crippen LogP contribution in [0, 0.1) is 0 Å². The summed E-state index contributed by atoms with van der Waals surface area (Å²) in [4.78, 5) is 25.7. The van der Waals surface area contributed by atoms with E-state index in [4.69, 9.17) is 0 Å². The van der Waals surface area contributed by atoms with E-state index in [-0.39, 0.29) is 23.9 Å². The summed E-state index contributed by atoms with van der Waals surface area (Å²) in [7, 11) is 0. The Morgan fingerprint density at radius 3 is 2.80 bits per heavy atom. The van der Waals surface area contributed by atoms with Gasteiger partial charge in [-0.15, -0.1) is 10.2 Å². The maximum atomic E-state index is 13.1. The van der Waals surface area contributed by atoms with Crippen LogP contribution >= 0.6 is 0 Å². The number of carbonyl (C=O) groups is 1. The highest BCUT2D eigenvalue weighted by Crippen LogP contribution is 2.22. The van der Waals surface area contributed by atoms with E-state index in [2.05, 4.69) is 20.6 Å². The number of anilines is 1. The second-order valence-corrected chi connectivity index (χ2v) is 7.46. The fourth-order valence-electron chi connectivity index (χ4n) is 3.62. The van der Waals surface area contributed by atoms with E-state index < -0.39 is 0 Å². The molecule has 0 radical (unpaired) electrons. The lowest BCUT2D eigenvalue weighted by molar-refractivity contribution is -0.117. The van der Waals surface area contributed by atoms with Crippen molar-refractivity contribution < 1.29 is 4.79 Å². The van der Waals surface area contributed by atoms with Gasteiger partial charge in [0.1, 0.15) is 24.2 Å². The molecule has 5 rings (SSSR count). The number of aromatic nitrogens is 6. The first kappa shape index (κ1) is 18.0. The van der Waals surface area contributed by atoms with Crippen molar-refractivity contribution in [3.05, 3.63) is 71.2 Å². The van der Waals surface area contributed by atoms with Gasteiger partial charge in [0.25, 0.3) is 5.56 Å². The van der Waals surface area contributed by atoms with E-state index in [0.29, 0.717) is 16.9 Å². The maximum Gasteiger partial charge on any atom is 0.291 e. The Hall–Kier alpha value is -4.01. The highest BCUT2D eigenvalue weighted by atomic mass is 16.2. The molecule has 30 heavy (non-hydrogen) atoms. The lowest BCUT2D eigenvalue weighted by Crippen LogP contribution is -2.32. The van der Waals surface area contributed by atoms with Crippen LogP contribution in [0.4, 0.5) is 5.69 Å². The van der Waals surface area contributed by atoms with Gasteiger partial charge >= 0.3 is 0 Å². The normalized spacial score (nSPS) is 11.7. The van der Waals surface area contributed by atoms with E-state index in [1.165, 1.54) is 4.68 Å². The summed E-state index contributed by atoms with van der Waals surface area (Å²) in [5.41, 5.74) is 2.39. The van der Waals surface area contributed by atoms with Crippen molar-refractivity contribution >= 4 is 33.7 Å².